The minimum absolute atomic E-state index is 0.127. The van der Waals surface area contributed by atoms with Crippen molar-refractivity contribution in [2.24, 2.45) is 5.73 Å². The third-order valence-electron chi connectivity index (χ3n) is 4.32. The highest BCUT2D eigenvalue weighted by molar-refractivity contribution is 5.87. The molecule has 0 radical (unpaired) electrons. The molecule has 2 aromatic rings. The van der Waals surface area contributed by atoms with Gasteiger partial charge in [-0.05, 0) is 30.0 Å². The van der Waals surface area contributed by atoms with Crippen molar-refractivity contribution >= 4 is 5.91 Å². The van der Waals surface area contributed by atoms with Crippen molar-refractivity contribution in [1.29, 1.82) is 0 Å². The summed E-state index contributed by atoms with van der Waals surface area (Å²) in [7, 11) is 0. The smallest absolute Gasteiger partial charge is 0.244 e. The zero-order valence-corrected chi connectivity index (χ0v) is 12.2. The van der Waals surface area contributed by atoms with E-state index in [4.69, 9.17) is 5.73 Å². The SMILES string of the molecule is CC(N)(C(=O)NCC1Cc2ccccc21)c1ccccc1. The summed E-state index contributed by atoms with van der Waals surface area (Å²) in [4.78, 5) is 12.4. The summed E-state index contributed by atoms with van der Waals surface area (Å²) in [6.07, 6.45) is 1.03. The molecule has 0 saturated carbocycles. The Morgan fingerprint density at radius 3 is 2.57 bits per heavy atom. The van der Waals surface area contributed by atoms with E-state index in [1.807, 2.05) is 36.4 Å². The van der Waals surface area contributed by atoms with Crippen LogP contribution in [0.5, 0.6) is 0 Å². The summed E-state index contributed by atoms with van der Waals surface area (Å²) in [5, 5.41) is 3.00. The summed E-state index contributed by atoms with van der Waals surface area (Å²) < 4.78 is 0. The van der Waals surface area contributed by atoms with E-state index in [0.717, 1.165) is 12.0 Å². The molecule has 1 aliphatic rings. The molecule has 0 aliphatic heterocycles. The molecule has 0 fully saturated rings. The van der Waals surface area contributed by atoms with E-state index < -0.39 is 5.54 Å². The third-order valence-corrected chi connectivity index (χ3v) is 4.32. The van der Waals surface area contributed by atoms with Crippen molar-refractivity contribution in [2.75, 3.05) is 6.54 Å². The Labute approximate surface area is 125 Å². The Morgan fingerprint density at radius 2 is 1.86 bits per heavy atom. The summed E-state index contributed by atoms with van der Waals surface area (Å²) in [5.74, 6) is 0.287. The second kappa shape index (κ2) is 5.34. The van der Waals surface area contributed by atoms with Gasteiger partial charge in [-0.25, -0.2) is 0 Å². The van der Waals surface area contributed by atoms with Crippen molar-refractivity contribution in [3.8, 4) is 0 Å². The lowest BCUT2D eigenvalue weighted by atomic mass is 9.77. The molecule has 2 aromatic carbocycles. The summed E-state index contributed by atoms with van der Waals surface area (Å²) in [6.45, 7) is 2.40. The average Bonchev–Trinajstić information content (AvgIpc) is 2.49. The molecule has 1 amide bonds. The van der Waals surface area contributed by atoms with Gasteiger partial charge in [0.2, 0.25) is 5.91 Å². The molecule has 2 unspecified atom stereocenters. The topological polar surface area (TPSA) is 55.1 Å². The van der Waals surface area contributed by atoms with E-state index in [1.165, 1.54) is 11.1 Å². The third kappa shape index (κ3) is 2.57. The van der Waals surface area contributed by atoms with E-state index >= 15 is 0 Å². The monoisotopic (exact) mass is 280 g/mol. The number of hydrogen-bond acceptors (Lipinski definition) is 2. The molecule has 2 atom stereocenters. The Kier molecular flexibility index (Phi) is 3.52. The highest BCUT2D eigenvalue weighted by Gasteiger charge is 2.32. The van der Waals surface area contributed by atoms with Crippen LogP contribution in [-0.2, 0) is 16.8 Å². The lowest BCUT2D eigenvalue weighted by Gasteiger charge is -2.32. The number of rotatable bonds is 4. The maximum absolute atomic E-state index is 12.4. The molecule has 108 valence electrons. The molecule has 0 aromatic heterocycles. The molecule has 0 heterocycles. The Hall–Kier alpha value is -2.13. The second-order valence-corrected chi connectivity index (χ2v) is 5.88. The maximum Gasteiger partial charge on any atom is 0.244 e. The van der Waals surface area contributed by atoms with Crippen molar-refractivity contribution in [3.63, 3.8) is 0 Å². The predicted molar refractivity (Wildman–Crippen MR) is 83.9 cm³/mol. The van der Waals surface area contributed by atoms with E-state index in [0.29, 0.717) is 12.5 Å². The zero-order chi connectivity index (χ0) is 14.9. The Balaban J connectivity index is 1.63. The first-order valence-corrected chi connectivity index (χ1v) is 7.29. The standard InChI is InChI=1S/C18H20N2O/c1-18(19,15-8-3-2-4-9-15)17(21)20-12-14-11-13-7-5-6-10-16(13)14/h2-10,14H,11-12,19H2,1H3,(H,20,21). The number of nitrogens with one attached hydrogen (secondary N) is 1. The minimum Gasteiger partial charge on any atom is -0.354 e. The highest BCUT2D eigenvalue weighted by Crippen LogP contribution is 2.34. The molecule has 0 spiro atoms. The summed E-state index contributed by atoms with van der Waals surface area (Å²) in [6, 6.07) is 17.9. The van der Waals surface area contributed by atoms with Gasteiger partial charge in [-0.2, -0.15) is 0 Å². The highest BCUT2D eigenvalue weighted by atomic mass is 16.2. The van der Waals surface area contributed by atoms with Crippen LogP contribution >= 0.6 is 0 Å². The number of amides is 1. The molecule has 0 saturated heterocycles. The normalized spacial score (nSPS) is 19.0. The molecule has 3 heteroatoms. The van der Waals surface area contributed by atoms with Crippen LogP contribution in [0.25, 0.3) is 0 Å². The van der Waals surface area contributed by atoms with Crippen LogP contribution in [0.1, 0.15) is 29.5 Å². The largest absolute Gasteiger partial charge is 0.354 e. The zero-order valence-electron chi connectivity index (χ0n) is 12.2. The van der Waals surface area contributed by atoms with Crippen LogP contribution in [0.3, 0.4) is 0 Å². The van der Waals surface area contributed by atoms with Gasteiger partial charge in [-0.15, -0.1) is 0 Å². The lowest BCUT2D eigenvalue weighted by molar-refractivity contribution is -0.126. The molecule has 3 N–H and O–H groups in total. The number of benzene rings is 2. The average molecular weight is 280 g/mol. The molecule has 1 aliphatic carbocycles. The number of carbonyl (C=O) groups is 1. The molecule has 21 heavy (non-hydrogen) atoms. The molecule has 3 rings (SSSR count). The molecular weight excluding hydrogens is 260 g/mol. The number of carbonyl (C=O) groups excluding carboxylic acids is 1. The quantitative estimate of drug-likeness (QED) is 0.903. The fourth-order valence-corrected chi connectivity index (χ4v) is 2.86. The first-order valence-electron chi connectivity index (χ1n) is 7.29. The van der Waals surface area contributed by atoms with Crippen LogP contribution in [0.15, 0.2) is 54.6 Å². The van der Waals surface area contributed by atoms with Gasteiger partial charge in [0.05, 0.1) is 0 Å². The van der Waals surface area contributed by atoms with Gasteiger partial charge in [0, 0.05) is 12.5 Å². The van der Waals surface area contributed by atoms with Gasteiger partial charge in [0.15, 0.2) is 0 Å². The predicted octanol–water partition coefficient (Wildman–Crippen LogP) is 2.32. The van der Waals surface area contributed by atoms with Crippen LogP contribution in [0, 0.1) is 0 Å². The fourth-order valence-electron chi connectivity index (χ4n) is 2.86. The first-order chi connectivity index (χ1) is 10.1. The van der Waals surface area contributed by atoms with E-state index in [2.05, 4.69) is 23.5 Å². The van der Waals surface area contributed by atoms with Crippen molar-refractivity contribution in [2.45, 2.75) is 24.8 Å². The van der Waals surface area contributed by atoms with Gasteiger partial charge >= 0.3 is 0 Å². The van der Waals surface area contributed by atoms with Gasteiger partial charge in [0.1, 0.15) is 5.54 Å². The van der Waals surface area contributed by atoms with Gasteiger partial charge in [-0.1, -0.05) is 54.6 Å². The van der Waals surface area contributed by atoms with Crippen LogP contribution in [0.4, 0.5) is 0 Å². The summed E-state index contributed by atoms with van der Waals surface area (Å²) >= 11 is 0. The van der Waals surface area contributed by atoms with Crippen LogP contribution < -0.4 is 11.1 Å². The number of hydrogen-bond donors (Lipinski definition) is 2. The molecule has 3 nitrogen and oxygen atoms in total. The molecular formula is C18H20N2O. The minimum atomic E-state index is -0.996. The number of fused-ring (bicyclic) bond motifs is 1. The second-order valence-electron chi connectivity index (χ2n) is 5.88. The van der Waals surface area contributed by atoms with Gasteiger partial charge in [-0.3, -0.25) is 4.79 Å². The Morgan fingerprint density at radius 1 is 1.19 bits per heavy atom. The van der Waals surface area contributed by atoms with E-state index in [-0.39, 0.29) is 5.91 Å². The van der Waals surface area contributed by atoms with Crippen LogP contribution in [0.2, 0.25) is 0 Å². The Bertz CT molecular complexity index is 649. The van der Waals surface area contributed by atoms with Crippen LogP contribution in [-0.4, -0.2) is 12.5 Å². The van der Waals surface area contributed by atoms with Gasteiger partial charge in [0.25, 0.3) is 0 Å². The molecule has 0 bridgehead atoms. The van der Waals surface area contributed by atoms with Crippen molar-refractivity contribution < 1.29 is 4.79 Å². The fraction of sp³-hybridized carbons (Fsp3) is 0.278. The van der Waals surface area contributed by atoms with E-state index in [1.54, 1.807) is 6.92 Å². The summed E-state index contributed by atoms with van der Waals surface area (Å²) in [5.41, 5.74) is 8.77. The van der Waals surface area contributed by atoms with Crippen molar-refractivity contribution in [1.82, 2.24) is 5.32 Å². The number of nitrogens with two attached hydrogens (primary N) is 1. The first kappa shape index (κ1) is 13.8. The van der Waals surface area contributed by atoms with Gasteiger partial charge < -0.3 is 11.1 Å². The van der Waals surface area contributed by atoms with Crippen molar-refractivity contribution in [3.05, 3.63) is 71.3 Å². The van der Waals surface area contributed by atoms with E-state index in [9.17, 15) is 4.79 Å². The lowest BCUT2D eigenvalue weighted by Crippen LogP contribution is -2.50. The maximum atomic E-state index is 12.4.